The predicted octanol–water partition coefficient (Wildman–Crippen LogP) is 4.97. The van der Waals surface area contributed by atoms with E-state index >= 15 is 0 Å². The number of hydrogen-bond donors (Lipinski definition) is 2. The second kappa shape index (κ2) is 10.2. The molecule has 0 aromatic heterocycles. The fourth-order valence-electron chi connectivity index (χ4n) is 4.11. The summed E-state index contributed by atoms with van der Waals surface area (Å²) in [7, 11) is 3.33. The maximum Gasteiger partial charge on any atom is 0.132 e. The zero-order chi connectivity index (χ0) is 22.5. The molecule has 0 aromatic rings. The van der Waals surface area contributed by atoms with Gasteiger partial charge in [0.2, 0.25) is 0 Å². The largest absolute Gasteiger partial charge is 0.498 e. The summed E-state index contributed by atoms with van der Waals surface area (Å²) in [5.41, 5.74) is 3.03. The molecule has 3 aliphatic rings. The topological polar surface area (TPSA) is 78.6 Å². The molecule has 2 aliphatic carbocycles. The maximum atomic E-state index is 8.78. The van der Waals surface area contributed by atoms with Gasteiger partial charge in [-0.3, -0.25) is 15.7 Å². The molecule has 6 nitrogen and oxygen atoms in total. The van der Waals surface area contributed by atoms with Crippen LogP contribution in [-0.2, 0) is 14.2 Å². The van der Waals surface area contributed by atoms with Crippen LogP contribution in [-0.4, -0.2) is 49.6 Å². The van der Waals surface area contributed by atoms with Gasteiger partial charge in [0.25, 0.3) is 0 Å². The van der Waals surface area contributed by atoms with Crippen molar-refractivity contribution in [2.24, 2.45) is 11.8 Å². The fourth-order valence-corrected chi connectivity index (χ4v) is 4.11. The highest BCUT2D eigenvalue weighted by molar-refractivity contribution is 6.03. The smallest absolute Gasteiger partial charge is 0.132 e. The first-order valence-electron chi connectivity index (χ1n) is 11.0. The SMILES string of the molecule is C/C=C\C1=C(/C=C(\C)CC)C(C2C=CC=C(OC)C2OC)OCC(=N)N1C(=N)C1CC1. The normalized spacial score (nSPS) is 27.6. The molecule has 1 fully saturated rings. The van der Waals surface area contributed by atoms with E-state index in [0.29, 0.717) is 11.7 Å². The van der Waals surface area contributed by atoms with Crippen LogP contribution in [0, 0.1) is 22.7 Å². The van der Waals surface area contributed by atoms with Gasteiger partial charge >= 0.3 is 0 Å². The average Bonchev–Trinajstić information content (AvgIpc) is 3.63. The Kier molecular flexibility index (Phi) is 7.68. The molecule has 31 heavy (non-hydrogen) atoms. The Morgan fingerprint density at radius 3 is 2.65 bits per heavy atom. The van der Waals surface area contributed by atoms with E-state index in [0.717, 1.165) is 36.3 Å². The highest BCUT2D eigenvalue weighted by Gasteiger charge is 2.41. The van der Waals surface area contributed by atoms with Gasteiger partial charge in [-0.05, 0) is 45.3 Å². The predicted molar refractivity (Wildman–Crippen MR) is 124 cm³/mol. The van der Waals surface area contributed by atoms with E-state index in [4.69, 9.17) is 25.0 Å². The van der Waals surface area contributed by atoms with Crippen molar-refractivity contribution in [1.82, 2.24) is 4.90 Å². The van der Waals surface area contributed by atoms with Crippen molar-refractivity contribution in [3.05, 3.63) is 59.1 Å². The first-order valence-corrected chi connectivity index (χ1v) is 11.0. The van der Waals surface area contributed by atoms with Crippen LogP contribution in [0.3, 0.4) is 0 Å². The van der Waals surface area contributed by atoms with Crippen LogP contribution in [0.2, 0.25) is 0 Å². The molecule has 1 aliphatic heterocycles. The van der Waals surface area contributed by atoms with Crippen molar-refractivity contribution in [1.29, 1.82) is 10.8 Å². The summed E-state index contributed by atoms with van der Waals surface area (Å²) in [5, 5.41) is 17.5. The molecule has 1 saturated carbocycles. The summed E-state index contributed by atoms with van der Waals surface area (Å²) < 4.78 is 17.8. The molecular formula is C25H35N3O3. The molecule has 3 unspecified atom stereocenters. The van der Waals surface area contributed by atoms with E-state index in [1.807, 2.05) is 31.2 Å². The number of rotatable bonds is 7. The van der Waals surface area contributed by atoms with E-state index in [-0.39, 0.29) is 30.7 Å². The molecule has 0 amide bonds. The first-order chi connectivity index (χ1) is 15.0. The standard InChI is InChI=1S/C25H35N3O3/c1-6-9-20-19(14-16(3)7-2)23(18-10-8-11-21(29-4)24(18)30-5)31-15-22(26)28(20)25(27)17-12-13-17/h6,8-11,14,17-18,23-24,26-27H,7,12-13,15H2,1-5H3/b9-6-,16-14+,26-22?,27-25?. The van der Waals surface area contributed by atoms with Gasteiger partial charge in [-0.25, -0.2) is 0 Å². The average molecular weight is 426 g/mol. The minimum Gasteiger partial charge on any atom is -0.498 e. The number of amidine groups is 2. The van der Waals surface area contributed by atoms with Crippen molar-refractivity contribution in [3.63, 3.8) is 0 Å². The number of hydrogen-bond acceptors (Lipinski definition) is 5. The molecule has 3 atom stereocenters. The Balaban J connectivity index is 2.17. The number of ether oxygens (including phenoxy) is 3. The van der Waals surface area contributed by atoms with E-state index in [9.17, 15) is 0 Å². The third-order valence-corrected chi connectivity index (χ3v) is 6.06. The molecule has 1 heterocycles. The van der Waals surface area contributed by atoms with E-state index in [2.05, 4.69) is 26.0 Å². The minimum atomic E-state index is -0.342. The van der Waals surface area contributed by atoms with Gasteiger partial charge in [0.05, 0.1) is 18.9 Å². The summed E-state index contributed by atoms with van der Waals surface area (Å²) in [6.07, 6.45) is 14.4. The third-order valence-electron chi connectivity index (χ3n) is 6.06. The third kappa shape index (κ3) is 4.91. The second-order valence-electron chi connectivity index (χ2n) is 8.25. The molecule has 0 radical (unpaired) electrons. The first kappa shape index (κ1) is 23.2. The second-order valence-corrected chi connectivity index (χ2v) is 8.25. The maximum absolute atomic E-state index is 8.78. The lowest BCUT2D eigenvalue weighted by Gasteiger charge is -2.34. The van der Waals surface area contributed by atoms with Crippen molar-refractivity contribution in [2.75, 3.05) is 20.8 Å². The fraction of sp³-hybridized carbons (Fsp3) is 0.520. The zero-order valence-corrected chi connectivity index (χ0v) is 19.3. The monoisotopic (exact) mass is 425 g/mol. The van der Waals surface area contributed by atoms with E-state index < -0.39 is 0 Å². The Labute approximate surface area is 186 Å². The summed E-state index contributed by atoms with van der Waals surface area (Å²) >= 11 is 0. The highest BCUT2D eigenvalue weighted by Crippen LogP contribution is 2.38. The molecule has 3 rings (SSSR count). The molecule has 2 N–H and O–H groups in total. The van der Waals surface area contributed by atoms with Gasteiger partial charge in [0.15, 0.2) is 0 Å². The molecule has 0 saturated heterocycles. The molecule has 0 aromatic carbocycles. The molecule has 0 bridgehead atoms. The minimum absolute atomic E-state index is 0.121. The van der Waals surface area contributed by atoms with Gasteiger partial charge in [-0.2, -0.15) is 0 Å². The summed E-state index contributed by atoms with van der Waals surface area (Å²) in [5.74, 6) is 1.64. The lowest BCUT2D eigenvalue weighted by atomic mass is 9.84. The summed E-state index contributed by atoms with van der Waals surface area (Å²) in [6.45, 7) is 6.34. The van der Waals surface area contributed by atoms with Crippen molar-refractivity contribution < 1.29 is 14.2 Å². The Hall–Kier alpha value is -2.44. The van der Waals surface area contributed by atoms with Gasteiger partial charge in [0.1, 0.15) is 30.1 Å². The number of nitrogens with one attached hydrogen (secondary N) is 2. The number of methoxy groups -OCH3 is 2. The van der Waals surface area contributed by atoms with Crippen LogP contribution in [0.15, 0.2) is 59.1 Å². The zero-order valence-electron chi connectivity index (χ0n) is 19.3. The molecule has 6 heteroatoms. The van der Waals surface area contributed by atoms with E-state index in [1.54, 1.807) is 19.1 Å². The van der Waals surface area contributed by atoms with Crippen molar-refractivity contribution >= 4 is 11.7 Å². The number of allylic oxidation sites excluding steroid dienone is 5. The van der Waals surface area contributed by atoms with Gasteiger partial charge in [0, 0.05) is 24.5 Å². The van der Waals surface area contributed by atoms with Gasteiger partial charge in [-0.15, -0.1) is 0 Å². The van der Waals surface area contributed by atoms with Crippen LogP contribution < -0.4 is 0 Å². The van der Waals surface area contributed by atoms with Gasteiger partial charge < -0.3 is 14.2 Å². The van der Waals surface area contributed by atoms with Crippen molar-refractivity contribution in [3.8, 4) is 0 Å². The lowest BCUT2D eigenvalue weighted by Crippen LogP contribution is -2.38. The molecule has 0 spiro atoms. The Bertz CT molecular complexity index is 861. The van der Waals surface area contributed by atoms with Crippen LogP contribution in [0.25, 0.3) is 0 Å². The Morgan fingerprint density at radius 2 is 2.06 bits per heavy atom. The van der Waals surface area contributed by atoms with Crippen LogP contribution in [0.5, 0.6) is 0 Å². The quantitative estimate of drug-likeness (QED) is 0.446. The highest BCUT2D eigenvalue weighted by atomic mass is 16.5. The van der Waals surface area contributed by atoms with Crippen LogP contribution in [0.1, 0.15) is 40.0 Å². The molecular weight excluding hydrogens is 390 g/mol. The lowest BCUT2D eigenvalue weighted by molar-refractivity contribution is -0.0108. The van der Waals surface area contributed by atoms with Gasteiger partial charge in [-0.1, -0.05) is 36.8 Å². The van der Waals surface area contributed by atoms with E-state index in [1.165, 1.54) is 5.57 Å². The summed E-state index contributed by atoms with van der Waals surface area (Å²) in [6, 6.07) is 0. The number of nitrogens with zero attached hydrogens (tertiary/aromatic N) is 1. The van der Waals surface area contributed by atoms with Crippen molar-refractivity contribution in [2.45, 2.75) is 52.2 Å². The molecule has 168 valence electrons. The Morgan fingerprint density at radius 1 is 1.32 bits per heavy atom. The summed E-state index contributed by atoms with van der Waals surface area (Å²) in [4.78, 5) is 1.79. The van der Waals surface area contributed by atoms with Crippen LogP contribution in [0.4, 0.5) is 0 Å². The van der Waals surface area contributed by atoms with Crippen LogP contribution >= 0.6 is 0 Å².